The smallest absolute Gasteiger partial charge is 0.315 e. The Balaban J connectivity index is 2.08. The van der Waals surface area contributed by atoms with Crippen LogP contribution in [-0.2, 0) is 0 Å². The second-order valence-corrected chi connectivity index (χ2v) is 4.33. The van der Waals surface area contributed by atoms with E-state index < -0.39 is 0 Å². The standard InChI is InChI=1S/C11H23N3O/c1-2-9(6-7-12)8-13-11(15)14-10-4-3-5-10/h9-10H,2-8,12H2,1H3,(H2,13,14,15). The van der Waals surface area contributed by atoms with Crippen molar-refractivity contribution in [1.29, 1.82) is 0 Å². The van der Waals surface area contributed by atoms with Gasteiger partial charge in [0.2, 0.25) is 0 Å². The SMILES string of the molecule is CCC(CCN)CNC(=O)NC1CCC1. The number of rotatable bonds is 6. The van der Waals surface area contributed by atoms with E-state index in [1.165, 1.54) is 6.42 Å². The fourth-order valence-corrected chi connectivity index (χ4v) is 1.71. The summed E-state index contributed by atoms with van der Waals surface area (Å²) in [6.07, 6.45) is 5.57. The molecule has 0 radical (unpaired) electrons. The van der Waals surface area contributed by atoms with Crippen molar-refractivity contribution >= 4 is 6.03 Å². The van der Waals surface area contributed by atoms with Gasteiger partial charge in [-0.2, -0.15) is 0 Å². The molecule has 1 saturated carbocycles. The highest BCUT2D eigenvalue weighted by molar-refractivity contribution is 5.74. The largest absolute Gasteiger partial charge is 0.338 e. The highest BCUT2D eigenvalue weighted by Crippen LogP contribution is 2.17. The van der Waals surface area contributed by atoms with E-state index in [0.717, 1.165) is 32.2 Å². The molecule has 1 aliphatic rings. The van der Waals surface area contributed by atoms with Gasteiger partial charge in [0.25, 0.3) is 0 Å². The first-order chi connectivity index (χ1) is 7.26. The van der Waals surface area contributed by atoms with Crippen molar-refractivity contribution in [2.45, 2.75) is 45.1 Å². The van der Waals surface area contributed by atoms with E-state index in [-0.39, 0.29) is 6.03 Å². The molecule has 0 bridgehead atoms. The summed E-state index contributed by atoms with van der Waals surface area (Å²) >= 11 is 0. The highest BCUT2D eigenvalue weighted by Gasteiger charge is 2.19. The quantitative estimate of drug-likeness (QED) is 0.621. The Hall–Kier alpha value is -0.770. The van der Waals surface area contributed by atoms with Gasteiger partial charge in [0.1, 0.15) is 0 Å². The first-order valence-electron chi connectivity index (χ1n) is 6.00. The summed E-state index contributed by atoms with van der Waals surface area (Å²) in [5.74, 6) is 0.516. The molecule has 1 atom stereocenters. The lowest BCUT2D eigenvalue weighted by Gasteiger charge is -2.26. The molecule has 1 aliphatic carbocycles. The zero-order chi connectivity index (χ0) is 11.1. The summed E-state index contributed by atoms with van der Waals surface area (Å²) in [5, 5.41) is 5.87. The molecule has 4 heteroatoms. The summed E-state index contributed by atoms with van der Waals surface area (Å²) in [6, 6.07) is 0.398. The lowest BCUT2D eigenvalue weighted by atomic mass is 9.93. The zero-order valence-electron chi connectivity index (χ0n) is 9.59. The van der Waals surface area contributed by atoms with Crippen LogP contribution in [0.1, 0.15) is 39.0 Å². The topological polar surface area (TPSA) is 67.1 Å². The minimum atomic E-state index is -0.0184. The molecule has 0 aromatic heterocycles. The highest BCUT2D eigenvalue weighted by atomic mass is 16.2. The van der Waals surface area contributed by atoms with Crippen molar-refractivity contribution in [2.75, 3.05) is 13.1 Å². The molecule has 15 heavy (non-hydrogen) atoms. The molecular formula is C11H23N3O. The van der Waals surface area contributed by atoms with Crippen LogP contribution in [0, 0.1) is 5.92 Å². The minimum absolute atomic E-state index is 0.0184. The van der Waals surface area contributed by atoms with Gasteiger partial charge in [0.15, 0.2) is 0 Å². The van der Waals surface area contributed by atoms with E-state index >= 15 is 0 Å². The van der Waals surface area contributed by atoms with Gasteiger partial charge < -0.3 is 16.4 Å². The molecule has 4 nitrogen and oxygen atoms in total. The number of urea groups is 1. The van der Waals surface area contributed by atoms with Gasteiger partial charge in [-0.1, -0.05) is 13.3 Å². The van der Waals surface area contributed by atoms with E-state index in [9.17, 15) is 4.79 Å². The van der Waals surface area contributed by atoms with Crippen LogP contribution in [0.15, 0.2) is 0 Å². The maximum atomic E-state index is 11.4. The van der Waals surface area contributed by atoms with Gasteiger partial charge in [-0.25, -0.2) is 4.79 Å². The normalized spacial score (nSPS) is 18.0. The third-order valence-electron chi connectivity index (χ3n) is 3.14. The van der Waals surface area contributed by atoms with Crippen LogP contribution in [0.5, 0.6) is 0 Å². The van der Waals surface area contributed by atoms with Gasteiger partial charge >= 0.3 is 6.03 Å². The van der Waals surface area contributed by atoms with Crippen LogP contribution in [0.3, 0.4) is 0 Å². The Morgan fingerprint density at radius 3 is 2.73 bits per heavy atom. The van der Waals surface area contributed by atoms with Crippen molar-refractivity contribution in [1.82, 2.24) is 10.6 Å². The Morgan fingerprint density at radius 2 is 2.27 bits per heavy atom. The van der Waals surface area contributed by atoms with Crippen LogP contribution in [-0.4, -0.2) is 25.2 Å². The van der Waals surface area contributed by atoms with Crippen LogP contribution < -0.4 is 16.4 Å². The van der Waals surface area contributed by atoms with Crippen LogP contribution in [0.25, 0.3) is 0 Å². The van der Waals surface area contributed by atoms with Gasteiger partial charge in [0, 0.05) is 12.6 Å². The molecular weight excluding hydrogens is 190 g/mol. The molecule has 0 spiro atoms. The van der Waals surface area contributed by atoms with Gasteiger partial charge in [-0.05, 0) is 38.1 Å². The van der Waals surface area contributed by atoms with Crippen LogP contribution in [0.4, 0.5) is 4.79 Å². The summed E-state index contributed by atoms with van der Waals surface area (Å²) < 4.78 is 0. The molecule has 0 aromatic carbocycles. The lowest BCUT2D eigenvalue weighted by molar-refractivity contribution is 0.226. The predicted octanol–water partition coefficient (Wildman–Crippen LogP) is 1.21. The molecule has 2 amide bonds. The maximum absolute atomic E-state index is 11.4. The number of carbonyl (C=O) groups excluding carboxylic acids is 1. The van der Waals surface area contributed by atoms with Crippen molar-refractivity contribution in [3.8, 4) is 0 Å². The molecule has 0 heterocycles. The molecule has 0 saturated heterocycles. The monoisotopic (exact) mass is 213 g/mol. The van der Waals surface area contributed by atoms with Crippen molar-refractivity contribution in [3.05, 3.63) is 0 Å². The third kappa shape index (κ3) is 4.51. The Kier molecular flexibility index (Phi) is 5.47. The zero-order valence-corrected chi connectivity index (χ0v) is 9.59. The first kappa shape index (κ1) is 12.3. The molecule has 0 aliphatic heterocycles. The fraction of sp³-hybridized carbons (Fsp3) is 0.909. The molecule has 4 N–H and O–H groups in total. The Bertz CT molecular complexity index is 192. The Labute approximate surface area is 92.0 Å². The van der Waals surface area contributed by atoms with E-state index in [4.69, 9.17) is 5.73 Å². The van der Waals surface area contributed by atoms with Crippen molar-refractivity contribution in [3.63, 3.8) is 0 Å². The van der Waals surface area contributed by atoms with E-state index in [1.807, 2.05) is 0 Å². The molecule has 1 unspecified atom stereocenters. The average Bonchev–Trinajstić information content (AvgIpc) is 2.18. The number of amides is 2. The van der Waals surface area contributed by atoms with Crippen LogP contribution >= 0.6 is 0 Å². The molecule has 0 aromatic rings. The summed E-state index contributed by atoms with van der Waals surface area (Å²) in [5.41, 5.74) is 5.49. The van der Waals surface area contributed by atoms with Gasteiger partial charge in [-0.3, -0.25) is 0 Å². The lowest BCUT2D eigenvalue weighted by Crippen LogP contribution is -2.46. The van der Waals surface area contributed by atoms with E-state index in [0.29, 0.717) is 18.5 Å². The predicted molar refractivity (Wildman–Crippen MR) is 61.6 cm³/mol. The maximum Gasteiger partial charge on any atom is 0.315 e. The summed E-state index contributed by atoms with van der Waals surface area (Å²) in [7, 11) is 0. The van der Waals surface area contributed by atoms with Gasteiger partial charge in [0.05, 0.1) is 0 Å². The fourth-order valence-electron chi connectivity index (χ4n) is 1.71. The molecule has 88 valence electrons. The first-order valence-corrected chi connectivity index (χ1v) is 6.00. The number of hydrogen-bond acceptors (Lipinski definition) is 2. The van der Waals surface area contributed by atoms with Crippen molar-refractivity contribution in [2.24, 2.45) is 11.7 Å². The Morgan fingerprint density at radius 1 is 1.53 bits per heavy atom. The number of nitrogens with two attached hydrogens (primary N) is 1. The van der Waals surface area contributed by atoms with Gasteiger partial charge in [-0.15, -0.1) is 0 Å². The van der Waals surface area contributed by atoms with E-state index in [2.05, 4.69) is 17.6 Å². The summed E-state index contributed by atoms with van der Waals surface area (Å²) in [4.78, 5) is 11.4. The molecule has 1 rings (SSSR count). The number of nitrogens with one attached hydrogen (secondary N) is 2. The number of hydrogen-bond donors (Lipinski definition) is 3. The number of carbonyl (C=O) groups is 1. The van der Waals surface area contributed by atoms with Crippen LogP contribution in [0.2, 0.25) is 0 Å². The van der Waals surface area contributed by atoms with E-state index in [1.54, 1.807) is 0 Å². The average molecular weight is 213 g/mol. The second kappa shape index (κ2) is 6.67. The summed E-state index contributed by atoms with van der Waals surface area (Å²) in [6.45, 7) is 3.57. The van der Waals surface area contributed by atoms with Crippen molar-refractivity contribution < 1.29 is 4.79 Å². The third-order valence-corrected chi connectivity index (χ3v) is 3.14. The second-order valence-electron chi connectivity index (χ2n) is 4.33. The molecule has 1 fully saturated rings. The minimum Gasteiger partial charge on any atom is -0.338 e.